The second-order valence-corrected chi connectivity index (χ2v) is 8.44. The summed E-state index contributed by atoms with van der Waals surface area (Å²) >= 11 is 0. The van der Waals surface area contributed by atoms with Crippen molar-refractivity contribution in [1.82, 2.24) is 9.55 Å². The predicted molar refractivity (Wildman–Crippen MR) is 139 cm³/mol. The summed E-state index contributed by atoms with van der Waals surface area (Å²) in [6.07, 6.45) is 0. The van der Waals surface area contributed by atoms with Gasteiger partial charge >= 0.3 is 0 Å². The average Bonchev–Trinajstić information content (AvgIpc) is 3.23. The van der Waals surface area contributed by atoms with Crippen LogP contribution in [0.2, 0.25) is 0 Å². The van der Waals surface area contributed by atoms with Gasteiger partial charge in [-0.05, 0) is 35.7 Å². The molecule has 0 saturated heterocycles. The second kappa shape index (κ2) is 7.04. The van der Waals surface area contributed by atoms with Crippen LogP contribution in [-0.4, -0.2) is 9.55 Å². The Labute approximate surface area is 191 Å². The Morgan fingerprint density at radius 2 is 1.03 bits per heavy atom. The molecule has 154 valence electrons. The number of para-hydroxylation sites is 3. The van der Waals surface area contributed by atoms with Crippen LogP contribution in [0.25, 0.3) is 60.4 Å². The zero-order chi connectivity index (χ0) is 21.8. The molecule has 33 heavy (non-hydrogen) atoms. The first-order valence-corrected chi connectivity index (χ1v) is 11.2. The van der Waals surface area contributed by atoms with Gasteiger partial charge in [0.25, 0.3) is 0 Å². The molecule has 7 aromatic rings. The van der Waals surface area contributed by atoms with Gasteiger partial charge in [-0.3, -0.25) is 0 Å². The van der Waals surface area contributed by atoms with Crippen LogP contribution >= 0.6 is 0 Å². The lowest BCUT2D eigenvalue weighted by molar-refractivity contribution is 1.18. The molecule has 2 nitrogen and oxygen atoms in total. The molecule has 0 radical (unpaired) electrons. The van der Waals surface area contributed by atoms with Crippen molar-refractivity contribution in [3.8, 4) is 16.9 Å². The molecule has 0 bridgehead atoms. The van der Waals surface area contributed by atoms with E-state index in [2.05, 4.69) is 126 Å². The standard InChI is InChI=1S/C31H20N2/c1-2-16-27-23(12-1)24-13-3-6-17-28(24)32-31(27)21-10-9-11-22(20-21)33-29-18-7-4-14-25(29)26-15-5-8-19-30(26)33/h1-20H. The highest BCUT2D eigenvalue weighted by atomic mass is 15.0. The van der Waals surface area contributed by atoms with Gasteiger partial charge in [-0.2, -0.15) is 0 Å². The van der Waals surface area contributed by atoms with Crippen LogP contribution in [0, 0.1) is 0 Å². The van der Waals surface area contributed by atoms with Crippen molar-refractivity contribution in [1.29, 1.82) is 0 Å². The van der Waals surface area contributed by atoms with Crippen LogP contribution < -0.4 is 0 Å². The summed E-state index contributed by atoms with van der Waals surface area (Å²) in [5.74, 6) is 0. The van der Waals surface area contributed by atoms with Crippen molar-refractivity contribution in [2.75, 3.05) is 0 Å². The maximum atomic E-state index is 5.11. The zero-order valence-corrected chi connectivity index (χ0v) is 17.9. The van der Waals surface area contributed by atoms with E-state index in [1.54, 1.807) is 0 Å². The number of nitrogens with zero attached hydrogens (tertiary/aromatic N) is 2. The van der Waals surface area contributed by atoms with Gasteiger partial charge in [0.15, 0.2) is 0 Å². The lowest BCUT2D eigenvalue weighted by atomic mass is 10.00. The van der Waals surface area contributed by atoms with E-state index in [9.17, 15) is 0 Å². The minimum absolute atomic E-state index is 1.02. The number of hydrogen-bond donors (Lipinski definition) is 0. The van der Waals surface area contributed by atoms with Gasteiger partial charge in [0.05, 0.1) is 22.2 Å². The normalized spacial score (nSPS) is 11.6. The number of benzene rings is 5. The molecule has 0 aliphatic heterocycles. The zero-order valence-electron chi connectivity index (χ0n) is 17.9. The van der Waals surface area contributed by atoms with Crippen LogP contribution in [0.5, 0.6) is 0 Å². The minimum atomic E-state index is 1.02. The van der Waals surface area contributed by atoms with E-state index in [-0.39, 0.29) is 0 Å². The number of pyridine rings is 1. The van der Waals surface area contributed by atoms with E-state index in [4.69, 9.17) is 4.98 Å². The van der Waals surface area contributed by atoms with E-state index >= 15 is 0 Å². The van der Waals surface area contributed by atoms with Gasteiger partial charge in [-0.15, -0.1) is 0 Å². The molecule has 0 unspecified atom stereocenters. The lowest BCUT2D eigenvalue weighted by Crippen LogP contribution is -1.95. The molecule has 0 fully saturated rings. The molecule has 0 saturated carbocycles. The fraction of sp³-hybridized carbons (Fsp3) is 0. The molecule has 2 heteroatoms. The van der Waals surface area contributed by atoms with Gasteiger partial charge in [0.2, 0.25) is 0 Å². The lowest BCUT2D eigenvalue weighted by Gasteiger charge is -2.13. The molecule has 7 rings (SSSR count). The minimum Gasteiger partial charge on any atom is -0.309 e. The Balaban J connectivity index is 1.53. The Morgan fingerprint density at radius 3 is 1.76 bits per heavy atom. The van der Waals surface area contributed by atoms with E-state index in [1.165, 1.54) is 38.0 Å². The van der Waals surface area contributed by atoms with Crippen molar-refractivity contribution in [2.24, 2.45) is 0 Å². The number of rotatable bonds is 2. The molecule has 0 amide bonds. The third-order valence-electron chi connectivity index (χ3n) is 6.57. The maximum absolute atomic E-state index is 5.11. The highest BCUT2D eigenvalue weighted by molar-refractivity contribution is 6.11. The quantitative estimate of drug-likeness (QED) is 0.258. The summed E-state index contributed by atoms with van der Waals surface area (Å²) in [6.45, 7) is 0. The van der Waals surface area contributed by atoms with E-state index in [0.29, 0.717) is 0 Å². The Hall–Kier alpha value is -4.43. The van der Waals surface area contributed by atoms with E-state index in [1.807, 2.05) is 0 Å². The van der Waals surface area contributed by atoms with Crippen LogP contribution in [0.4, 0.5) is 0 Å². The van der Waals surface area contributed by atoms with Crippen molar-refractivity contribution < 1.29 is 0 Å². The number of aromatic nitrogens is 2. The van der Waals surface area contributed by atoms with Crippen LogP contribution in [0.1, 0.15) is 0 Å². The molecule has 0 N–H and O–H groups in total. The van der Waals surface area contributed by atoms with Crippen molar-refractivity contribution in [3.63, 3.8) is 0 Å². The summed E-state index contributed by atoms with van der Waals surface area (Å²) in [4.78, 5) is 5.11. The van der Waals surface area contributed by atoms with Crippen molar-refractivity contribution in [3.05, 3.63) is 121 Å². The summed E-state index contributed by atoms with van der Waals surface area (Å²) < 4.78 is 2.36. The van der Waals surface area contributed by atoms with E-state index < -0.39 is 0 Å². The third kappa shape index (κ3) is 2.71. The highest BCUT2D eigenvalue weighted by Crippen LogP contribution is 2.35. The second-order valence-electron chi connectivity index (χ2n) is 8.44. The molecule has 2 aromatic heterocycles. The largest absolute Gasteiger partial charge is 0.309 e. The van der Waals surface area contributed by atoms with Gasteiger partial charge in [-0.25, -0.2) is 4.98 Å². The van der Waals surface area contributed by atoms with Crippen LogP contribution in [0.3, 0.4) is 0 Å². The van der Waals surface area contributed by atoms with Gasteiger partial charge in [-0.1, -0.05) is 91.0 Å². The summed E-state index contributed by atoms with van der Waals surface area (Å²) in [5, 5.41) is 6.15. The first-order valence-electron chi connectivity index (χ1n) is 11.2. The monoisotopic (exact) mass is 420 g/mol. The third-order valence-corrected chi connectivity index (χ3v) is 6.57. The summed E-state index contributed by atoms with van der Waals surface area (Å²) in [7, 11) is 0. The molecule has 0 atom stereocenters. The molecule has 0 aliphatic carbocycles. The molecule has 0 spiro atoms. The average molecular weight is 421 g/mol. The van der Waals surface area contributed by atoms with Crippen molar-refractivity contribution in [2.45, 2.75) is 0 Å². The van der Waals surface area contributed by atoms with Gasteiger partial charge < -0.3 is 4.57 Å². The summed E-state index contributed by atoms with van der Waals surface area (Å²) in [6, 6.07) is 43.0. The van der Waals surface area contributed by atoms with Gasteiger partial charge in [0.1, 0.15) is 0 Å². The first kappa shape index (κ1) is 18.2. The maximum Gasteiger partial charge on any atom is 0.0788 e. The molecular weight excluding hydrogens is 400 g/mol. The molecule has 0 aliphatic rings. The fourth-order valence-corrected chi connectivity index (χ4v) is 5.12. The predicted octanol–water partition coefficient (Wildman–Crippen LogP) is 8.15. The Morgan fingerprint density at radius 1 is 0.455 bits per heavy atom. The molecular formula is C31H20N2. The summed E-state index contributed by atoms with van der Waals surface area (Å²) in [5.41, 5.74) is 6.74. The SMILES string of the molecule is c1cc(-c2nc3ccccc3c3ccccc23)cc(-n2c3ccccc3c3ccccc32)c1. The Kier molecular flexibility index (Phi) is 3.88. The fourth-order valence-electron chi connectivity index (χ4n) is 5.12. The smallest absolute Gasteiger partial charge is 0.0788 e. The van der Waals surface area contributed by atoms with E-state index in [0.717, 1.165) is 22.5 Å². The van der Waals surface area contributed by atoms with Gasteiger partial charge in [0, 0.05) is 32.8 Å². The Bertz CT molecular complexity index is 1770. The highest BCUT2D eigenvalue weighted by Gasteiger charge is 2.14. The number of fused-ring (bicyclic) bond motifs is 6. The number of hydrogen-bond acceptors (Lipinski definition) is 1. The van der Waals surface area contributed by atoms with Crippen LogP contribution in [-0.2, 0) is 0 Å². The molecule has 2 heterocycles. The van der Waals surface area contributed by atoms with Crippen molar-refractivity contribution >= 4 is 43.5 Å². The van der Waals surface area contributed by atoms with Crippen LogP contribution in [0.15, 0.2) is 121 Å². The molecule has 5 aromatic carbocycles. The topological polar surface area (TPSA) is 17.8 Å². The first-order chi connectivity index (χ1) is 16.4.